The first kappa shape index (κ1) is 19.5. The number of carbonyl (C=O) groups excluding carboxylic acids is 1. The number of rotatable bonds is 5. The summed E-state index contributed by atoms with van der Waals surface area (Å²) >= 11 is 0. The van der Waals surface area contributed by atoms with Gasteiger partial charge in [-0.2, -0.15) is 0 Å². The van der Waals surface area contributed by atoms with Gasteiger partial charge in [0.05, 0.1) is 18.9 Å². The van der Waals surface area contributed by atoms with Gasteiger partial charge in [-0.15, -0.1) is 0 Å². The van der Waals surface area contributed by atoms with Gasteiger partial charge >= 0.3 is 0 Å². The second-order valence-corrected chi connectivity index (χ2v) is 7.14. The Balaban J connectivity index is 1.65. The highest BCUT2D eigenvalue weighted by atomic mass is 16.5. The molecule has 0 radical (unpaired) electrons. The summed E-state index contributed by atoms with van der Waals surface area (Å²) in [4.78, 5) is 17.4. The first-order chi connectivity index (χ1) is 14.5. The lowest BCUT2D eigenvalue weighted by molar-refractivity contribution is 0.102. The molecule has 0 saturated heterocycles. The lowest BCUT2D eigenvalue weighted by Crippen LogP contribution is -2.13. The van der Waals surface area contributed by atoms with Gasteiger partial charge in [0.25, 0.3) is 5.91 Å². The Morgan fingerprint density at radius 2 is 1.73 bits per heavy atom. The van der Waals surface area contributed by atoms with Gasteiger partial charge in [0.2, 0.25) is 5.89 Å². The summed E-state index contributed by atoms with van der Waals surface area (Å²) in [5.74, 6) is 1.52. The van der Waals surface area contributed by atoms with E-state index < -0.39 is 0 Å². The average molecular weight is 398 g/mol. The molecular weight excluding hydrogens is 376 g/mol. The minimum atomic E-state index is -0.211. The standard InChI is InChI=1S/C25H22N2O3/c1-16-11-17(2)13-19(12-16)27-24(28)21-9-4-5-10-22(21)25-26-15-23(30-25)18-7-6-8-20(14-18)29-3/h4-15H,1-3H3,(H,27,28). The van der Waals surface area contributed by atoms with Gasteiger partial charge in [-0.3, -0.25) is 4.79 Å². The molecule has 1 heterocycles. The van der Waals surface area contributed by atoms with E-state index in [1.54, 1.807) is 19.4 Å². The van der Waals surface area contributed by atoms with E-state index >= 15 is 0 Å². The molecule has 3 aromatic carbocycles. The maximum Gasteiger partial charge on any atom is 0.256 e. The Bertz CT molecular complexity index is 1190. The van der Waals surface area contributed by atoms with Crippen molar-refractivity contribution in [3.05, 3.63) is 89.6 Å². The van der Waals surface area contributed by atoms with Crippen LogP contribution in [0.1, 0.15) is 21.5 Å². The number of hydrogen-bond donors (Lipinski definition) is 1. The predicted octanol–water partition coefficient (Wildman–Crippen LogP) is 5.89. The number of aryl methyl sites for hydroxylation is 2. The van der Waals surface area contributed by atoms with Gasteiger partial charge in [0, 0.05) is 16.8 Å². The van der Waals surface area contributed by atoms with E-state index in [1.165, 1.54) is 0 Å². The Kier molecular flexibility index (Phi) is 5.35. The summed E-state index contributed by atoms with van der Waals surface area (Å²) in [5.41, 5.74) is 4.93. The quantitative estimate of drug-likeness (QED) is 0.455. The van der Waals surface area contributed by atoms with Crippen LogP contribution in [0.25, 0.3) is 22.8 Å². The zero-order valence-corrected chi connectivity index (χ0v) is 17.1. The smallest absolute Gasteiger partial charge is 0.256 e. The molecule has 0 spiro atoms. The zero-order chi connectivity index (χ0) is 21.1. The van der Waals surface area contributed by atoms with Crippen molar-refractivity contribution in [3.63, 3.8) is 0 Å². The van der Waals surface area contributed by atoms with Crippen molar-refractivity contribution in [1.29, 1.82) is 0 Å². The van der Waals surface area contributed by atoms with Gasteiger partial charge in [-0.25, -0.2) is 4.98 Å². The van der Waals surface area contributed by atoms with Crippen LogP contribution in [-0.4, -0.2) is 18.0 Å². The van der Waals surface area contributed by atoms with E-state index in [0.717, 1.165) is 28.1 Å². The number of nitrogens with one attached hydrogen (secondary N) is 1. The van der Waals surface area contributed by atoms with Crippen LogP contribution in [0.3, 0.4) is 0 Å². The fraction of sp³-hybridized carbons (Fsp3) is 0.120. The molecule has 0 atom stereocenters. The van der Waals surface area contributed by atoms with Crippen LogP contribution in [0, 0.1) is 13.8 Å². The first-order valence-electron chi connectivity index (χ1n) is 9.63. The lowest BCUT2D eigenvalue weighted by Gasteiger charge is -2.10. The zero-order valence-electron chi connectivity index (χ0n) is 17.1. The third-order valence-corrected chi connectivity index (χ3v) is 4.74. The third kappa shape index (κ3) is 4.10. The van der Waals surface area contributed by atoms with Crippen molar-refractivity contribution >= 4 is 11.6 Å². The second kappa shape index (κ2) is 8.25. The molecule has 1 amide bonds. The topological polar surface area (TPSA) is 64.4 Å². The number of ether oxygens (including phenoxy) is 1. The van der Waals surface area contributed by atoms with Crippen LogP contribution < -0.4 is 10.1 Å². The second-order valence-electron chi connectivity index (χ2n) is 7.14. The number of amides is 1. The maximum absolute atomic E-state index is 13.0. The Morgan fingerprint density at radius 3 is 2.50 bits per heavy atom. The number of hydrogen-bond acceptors (Lipinski definition) is 4. The fourth-order valence-corrected chi connectivity index (χ4v) is 3.42. The van der Waals surface area contributed by atoms with Crippen LogP contribution in [0.2, 0.25) is 0 Å². The van der Waals surface area contributed by atoms with Crippen molar-refractivity contribution in [2.45, 2.75) is 13.8 Å². The van der Waals surface area contributed by atoms with Gasteiger partial charge in [-0.05, 0) is 61.4 Å². The number of nitrogens with zero attached hydrogens (tertiary/aromatic N) is 1. The fourth-order valence-electron chi connectivity index (χ4n) is 3.42. The predicted molar refractivity (Wildman–Crippen MR) is 118 cm³/mol. The number of carbonyl (C=O) groups is 1. The maximum atomic E-state index is 13.0. The van der Waals surface area contributed by atoms with Crippen LogP contribution >= 0.6 is 0 Å². The highest BCUT2D eigenvalue weighted by Crippen LogP contribution is 2.30. The van der Waals surface area contributed by atoms with Crippen LogP contribution in [0.4, 0.5) is 5.69 Å². The molecule has 4 aromatic rings. The summed E-state index contributed by atoms with van der Waals surface area (Å²) in [7, 11) is 1.62. The Hall–Kier alpha value is -3.86. The molecule has 150 valence electrons. The average Bonchev–Trinajstić information content (AvgIpc) is 3.23. The molecule has 5 nitrogen and oxygen atoms in total. The summed E-state index contributed by atoms with van der Waals surface area (Å²) in [6.45, 7) is 4.01. The van der Waals surface area contributed by atoms with Crippen molar-refractivity contribution in [1.82, 2.24) is 4.98 Å². The summed E-state index contributed by atoms with van der Waals surface area (Å²) in [6, 6.07) is 20.8. The molecule has 0 fully saturated rings. The molecule has 1 N–H and O–H groups in total. The Morgan fingerprint density at radius 1 is 0.967 bits per heavy atom. The molecule has 0 bridgehead atoms. The number of anilines is 1. The Labute approximate surface area is 175 Å². The highest BCUT2D eigenvalue weighted by molar-refractivity contribution is 6.08. The first-order valence-corrected chi connectivity index (χ1v) is 9.63. The van der Waals surface area contributed by atoms with Crippen LogP contribution in [0.15, 0.2) is 77.3 Å². The van der Waals surface area contributed by atoms with E-state index in [-0.39, 0.29) is 5.91 Å². The van der Waals surface area contributed by atoms with E-state index in [0.29, 0.717) is 22.8 Å². The minimum Gasteiger partial charge on any atom is -0.497 e. The highest BCUT2D eigenvalue weighted by Gasteiger charge is 2.17. The molecule has 1 aromatic heterocycles. The SMILES string of the molecule is COc1cccc(-c2cnc(-c3ccccc3C(=O)Nc3cc(C)cc(C)c3)o2)c1. The molecular formula is C25H22N2O3. The monoisotopic (exact) mass is 398 g/mol. The molecule has 0 unspecified atom stereocenters. The van der Waals surface area contributed by atoms with Crippen molar-refractivity contribution < 1.29 is 13.9 Å². The minimum absolute atomic E-state index is 0.211. The van der Waals surface area contributed by atoms with E-state index in [4.69, 9.17) is 9.15 Å². The normalized spacial score (nSPS) is 10.6. The largest absolute Gasteiger partial charge is 0.497 e. The van der Waals surface area contributed by atoms with Gasteiger partial charge < -0.3 is 14.5 Å². The summed E-state index contributed by atoms with van der Waals surface area (Å²) in [6.07, 6.45) is 1.66. The molecule has 5 heteroatoms. The molecule has 4 rings (SSSR count). The van der Waals surface area contributed by atoms with E-state index in [9.17, 15) is 4.79 Å². The van der Waals surface area contributed by atoms with Gasteiger partial charge in [0.1, 0.15) is 5.75 Å². The third-order valence-electron chi connectivity index (χ3n) is 4.74. The number of benzene rings is 3. The van der Waals surface area contributed by atoms with Crippen LogP contribution in [0.5, 0.6) is 5.75 Å². The molecule has 0 saturated carbocycles. The number of methoxy groups -OCH3 is 1. The van der Waals surface area contributed by atoms with Crippen LogP contribution in [-0.2, 0) is 0 Å². The van der Waals surface area contributed by atoms with E-state index in [1.807, 2.05) is 68.4 Å². The number of oxazole rings is 1. The molecule has 30 heavy (non-hydrogen) atoms. The van der Waals surface area contributed by atoms with Crippen molar-refractivity contribution in [2.75, 3.05) is 12.4 Å². The molecule has 0 aliphatic carbocycles. The van der Waals surface area contributed by atoms with E-state index in [2.05, 4.69) is 16.4 Å². The summed E-state index contributed by atoms with van der Waals surface area (Å²) in [5, 5.41) is 2.98. The van der Waals surface area contributed by atoms with Gasteiger partial charge in [-0.1, -0.05) is 30.3 Å². The lowest BCUT2D eigenvalue weighted by atomic mass is 10.1. The summed E-state index contributed by atoms with van der Waals surface area (Å²) < 4.78 is 11.3. The number of aromatic nitrogens is 1. The van der Waals surface area contributed by atoms with Crippen molar-refractivity contribution in [3.8, 4) is 28.5 Å². The molecule has 0 aliphatic rings. The van der Waals surface area contributed by atoms with Crippen molar-refractivity contribution in [2.24, 2.45) is 0 Å². The molecule has 0 aliphatic heterocycles. The van der Waals surface area contributed by atoms with Gasteiger partial charge in [0.15, 0.2) is 5.76 Å².